The predicted octanol–water partition coefficient (Wildman–Crippen LogP) is 2.41. The average molecular weight is 254 g/mol. The van der Waals surface area contributed by atoms with Crippen molar-refractivity contribution in [3.8, 4) is 0 Å². The highest BCUT2D eigenvalue weighted by Gasteiger charge is 2.30. The molecule has 0 aliphatic carbocycles. The fourth-order valence-electron chi connectivity index (χ4n) is 2.09. The zero-order valence-electron chi connectivity index (χ0n) is 11.4. The molecule has 0 fully saturated rings. The van der Waals surface area contributed by atoms with Gasteiger partial charge in [0.05, 0.1) is 12.1 Å². The molecule has 0 aliphatic rings. The van der Waals surface area contributed by atoms with Crippen LogP contribution in [0, 0.1) is 5.82 Å². The molecule has 1 unspecified atom stereocenters. The van der Waals surface area contributed by atoms with Gasteiger partial charge in [0, 0.05) is 25.4 Å². The van der Waals surface area contributed by atoms with Gasteiger partial charge in [-0.1, -0.05) is 6.07 Å². The Morgan fingerprint density at radius 1 is 1.39 bits per heavy atom. The highest BCUT2D eigenvalue weighted by Crippen LogP contribution is 2.24. The van der Waals surface area contributed by atoms with Crippen molar-refractivity contribution >= 4 is 5.69 Å². The Morgan fingerprint density at radius 2 is 2.11 bits per heavy atom. The van der Waals surface area contributed by atoms with Gasteiger partial charge in [-0.15, -0.1) is 0 Å². The summed E-state index contributed by atoms with van der Waals surface area (Å²) in [6.07, 6.45) is 0. The first kappa shape index (κ1) is 14.9. The number of anilines is 1. The second-order valence-electron chi connectivity index (χ2n) is 4.56. The Kier molecular flexibility index (Phi) is 5.56. The average Bonchev–Trinajstić information content (AvgIpc) is 2.37. The molecule has 0 bridgehead atoms. The molecule has 3 nitrogen and oxygen atoms in total. The van der Waals surface area contributed by atoms with Crippen molar-refractivity contribution in [3.63, 3.8) is 0 Å². The van der Waals surface area contributed by atoms with Crippen LogP contribution >= 0.6 is 0 Å². The molecular formula is C14H23FN2O. The van der Waals surface area contributed by atoms with E-state index in [9.17, 15) is 4.39 Å². The normalized spacial score (nSPS) is 14.3. The summed E-state index contributed by atoms with van der Waals surface area (Å²) in [4.78, 5) is 2.09. The summed E-state index contributed by atoms with van der Waals surface area (Å²) >= 11 is 0. The third-order valence-corrected chi connectivity index (χ3v) is 3.14. The summed E-state index contributed by atoms with van der Waals surface area (Å²) in [5, 5.41) is 0. The van der Waals surface area contributed by atoms with Crippen molar-refractivity contribution in [3.05, 3.63) is 30.1 Å². The van der Waals surface area contributed by atoms with Gasteiger partial charge in [-0.2, -0.15) is 0 Å². The molecule has 1 aromatic carbocycles. The minimum absolute atomic E-state index is 0.235. The monoisotopic (exact) mass is 254 g/mol. The van der Waals surface area contributed by atoms with Crippen LogP contribution in [0.1, 0.15) is 20.8 Å². The van der Waals surface area contributed by atoms with Crippen LogP contribution < -0.4 is 10.6 Å². The van der Waals surface area contributed by atoms with Gasteiger partial charge in [0.15, 0.2) is 0 Å². The van der Waals surface area contributed by atoms with Crippen LogP contribution in [-0.2, 0) is 4.74 Å². The van der Waals surface area contributed by atoms with Crippen molar-refractivity contribution in [1.82, 2.24) is 0 Å². The van der Waals surface area contributed by atoms with E-state index in [1.54, 1.807) is 6.07 Å². The maximum atomic E-state index is 13.3. The molecule has 18 heavy (non-hydrogen) atoms. The van der Waals surface area contributed by atoms with E-state index < -0.39 is 0 Å². The van der Waals surface area contributed by atoms with Gasteiger partial charge in [-0.05, 0) is 39.0 Å². The molecule has 4 heteroatoms. The number of hydrogen-bond acceptors (Lipinski definition) is 3. The van der Waals surface area contributed by atoms with Crippen LogP contribution in [0.5, 0.6) is 0 Å². The highest BCUT2D eigenvalue weighted by atomic mass is 19.1. The Hall–Kier alpha value is -1.13. The molecule has 0 aromatic heterocycles. The molecule has 1 rings (SSSR count). The van der Waals surface area contributed by atoms with Crippen LogP contribution in [0.15, 0.2) is 24.3 Å². The van der Waals surface area contributed by atoms with Crippen LogP contribution in [0.2, 0.25) is 0 Å². The topological polar surface area (TPSA) is 38.5 Å². The van der Waals surface area contributed by atoms with E-state index in [1.165, 1.54) is 12.1 Å². The molecule has 102 valence electrons. The van der Waals surface area contributed by atoms with E-state index in [-0.39, 0.29) is 11.4 Å². The summed E-state index contributed by atoms with van der Waals surface area (Å²) in [5.74, 6) is -0.235. The minimum Gasteiger partial charge on any atom is -0.379 e. The van der Waals surface area contributed by atoms with Gasteiger partial charge >= 0.3 is 0 Å². The number of likely N-dealkylation sites (N-methyl/N-ethyl adjacent to an activating group) is 1. The molecule has 0 amide bonds. The quantitative estimate of drug-likeness (QED) is 0.812. The van der Waals surface area contributed by atoms with E-state index in [0.29, 0.717) is 19.8 Å². The smallest absolute Gasteiger partial charge is 0.125 e. The lowest BCUT2D eigenvalue weighted by atomic mass is 10.00. The second-order valence-corrected chi connectivity index (χ2v) is 4.56. The van der Waals surface area contributed by atoms with Gasteiger partial charge in [0.25, 0.3) is 0 Å². The third-order valence-electron chi connectivity index (χ3n) is 3.14. The number of nitrogens with zero attached hydrogens (tertiary/aromatic N) is 1. The molecule has 0 heterocycles. The number of benzene rings is 1. The van der Waals surface area contributed by atoms with Gasteiger partial charge in [-0.3, -0.25) is 0 Å². The minimum atomic E-state index is -0.321. The second kappa shape index (κ2) is 6.71. The predicted molar refractivity (Wildman–Crippen MR) is 73.4 cm³/mol. The lowest BCUT2D eigenvalue weighted by Crippen LogP contribution is -2.55. The molecule has 0 saturated carbocycles. The summed E-state index contributed by atoms with van der Waals surface area (Å²) in [7, 11) is 0. The standard InChI is InChI=1S/C14H23FN2O/c1-4-17(13-8-6-7-12(15)9-13)14(3,10-16)11-18-5-2/h6-9H,4-5,10-11,16H2,1-3H3. The van der Waals surface area contributed by atoms with E-state index in [2.05, 4.69) is 4.90 Å². The van der Waals surface area contributed by atoms with Crippen molar-refractivity contribution in [2.45, 2.75) is 26.3 Å². The number of nitrogens with two attached hydrogens (primary N) is 1. The van der Waals surface area contributed by atoms with E-state index in [0.717, 1.165) is 12.2 Å². The highest BCUT2D eigenvalue weighted by molar-refractivity contribution is 5.49. The van der Waals surface area contributed by atoms with Crippen molar-refractivity contribution in [1.29, 1.82) is 0 Å². The zero-order valence-corrected chi connectivity index (χ0v) is 11.4. The lowest BCUT2D eigenvalue weighted by molar-refractivity contribution is 0.100. The molecule has 0 radical (unpaired) electrons. The number of hydrogen-bond donors (Lipinski definition) is 1. The Morgan fingerprint density at radius 3 is 2.61 bits per heavy atom. The fourth-order valence-corrected chi connectivity index (χ4v) is 2.09. The van der Waals surface area contributed by atoms with Gasteiger partial charge in [-0.25, -0.2) is 4.39 Å². The maximum Gasteiger partial charge on any atom is 0.125 e. The number of ether oxygens (including phenoxy) is 1. The van der Waals surface area contributed by atoms with Crippen molar-refractivity contribution in [2.75, 3.05) is 31.2 Å². The number of halogens is 1. The first-order chi connectivity index (χ1) is 8.57. The maximum absolute atomic E-state index is 13.3. The first-order valence-corrected chi connectivity index (χ1v) is 6.38. The van der Waals surface area contributed by atoms with Gasteiger partial charge in [0.2, 0.25) is 0 Å². The first-order valence-electron chi connectivity index (χ1n) is 6.38. The van der Waals surface area contributed by atoms with Crippen LogP contribution in [0.25, 0.3) is 0 Å². The largest absolute Gasteiger partial charge is 0.379 e. The molecule has 0 aliphatic heterocycles. The summed E-state index contributed by atoms with van der Waals surface area (Å²) in [5.41, 5.74) is 6.40. The molecule has 0 spiro atoms. The van der Waals surface area contributed by atoms with Crippen LogP contribution in [0.4, 0.5) is 10.1 Å². The van der Waals surface area contributed by atoms with Crippen molar-refractivity contribution < 1.29 is 9.13 Å². The Balaban J connectivity index is 2.99. The molecule has 1 atom stereocenters. The third kappa shape index (κ3) is 3.43. The molecular weight excluding hydrogens is 231 g/mol. The van der Waals surface area contributed by atoms with Gasteiger partial charge in [0.1, 0.15) is 5.82 Å². The van der Waals surface area contributed by atoms with E-state index in [4.69, 9.17) is 10.5 Å². The summed E-state index contributed by atoms with van der Waals surface area (Å²) < 4.78 is 18.8. The molecule has 1 aromatic rings. The van der Waals surface area contributed by atoms with E-state index >= 15 is 0 Å². The van der Waals surface area contributed by atoms with Gasteiger partial charge < -0.3 is 15.4 Å². The van der Waals surface area contributed by atoms with Crippen LogP contribution in [-0.4, -0.2) is 31.8 Å². The fraction of sp³-hybridized carbons (Fsp3) is 0.571. The zero-order chi connectivity index (χ0) is 13.6. The molecule has 2 N–H and O–H groups in total. The lowest BCUT2D eigenvalue weighted by Gasteiger charge is -2.41. The Labute approximate surface area is 109 Å². The van der Waals surface area contributed by atoms with Crippen molar-refractivity contribution in [2.24, 2.45) is 5.73 Å². The Bertz CT molecular complexity index is 373. The molecule has 0 saturated heterocycles. The summed E-state index contributed by atoms with van der Waals surface area (Å²) in [6.45, 7) is 8.42. The summed E-state index contributed by atoms with van der Waals surface area (Å²) in [6, 6.07) is 6.58. The number of rotatable bonds is 7. The van der Waals surface area contributed by atoms with E-state index in [1.807, 2.05) is 26.8 Å². The van der Waals surface area contributed by atoms with Crippen LogP contribution in [0.3, 0.4) is 0 Å². The SMILES string of the molecule is CCOCC(C)(CN)N(CC)c1cccc(F)c1.